The van der Waals surface area contributed by atoms with Crippen LogP contribution < -0.4 is 5.32 Å². The minimum atomic E-state index is -0.269. The van der Waals surface area contributed by atoms with Gasteiger partial charge in [0.05, 0.1) is 16.8 Å². The van der Waals surface area contributed by atoms with Gasteiger partial charge >= 0.3 is 0 Å². The van der Waals surface area contributed by atoms with Crippen LogP contribution >= 0.6 is 11.3 Å². The molecule has 0 fully saturated rings. The zero-order chi connectivity index (χ0) is 13.9. The van der Waals surface area contributed by atoms with Crippen LogP contribution in [0.3, 0.4) is 0 Å². The Hall–Kier alpha value is -2.54. The first kappa shape index (κ1) is 12.5. The first-order valence-electron chi connectivity index (χ1n) is 5.83. The molecule has 2 heterocycles. The molecule has 3 aromatic rings. The molecule has 0 atom stereocenters. The average Bonchev–Trinajstić information content (AvgIpc) is 3.10. The third-order valence-electron chi connectivity index (χ3n) is 2.60. The molecule has 0 unspecified atom stereocenters. The molecule has 1 aromatic carbocycles. The van der Waals surface area contributed by atoms with Gasteiger partial charge in [-0.25, -0.2) is 4.98 Å². The molecule has 7 heteroatoms. The fraction of sp³-hybridized carbons (Fsp3) is 0.0769. The minimum absolute atomic E-state index is 0.269. The van der Waals surface area contributed by atoms with Crippen molar-refractivity contribution in [3.63, 3.8) is 0 Å². The fourth-order valence-electron chi connectivity index (χ4n) is 1.70. The third kappa shape index (κ3) is 2.43. The van der Waals surface area contributed by atoms with Crippen LogP contribution in [-0.2, 0) is 0 Å². The number of hydrogen-bond donors (Lipinski definition) is 1. The van der Waals surface area contributed by atoms with Crippen LogP contribution in [0.4, 0.5) is 5.69 Å². The molecule has 0 aliphatic rings. The first-order valence-corrected chi connectivity index (χ1v) is 6.77. The Morgan fingerprint density at radius 3 is 2.85 bits per heavy atom. The summed E-state index contributed by atoms with van der Waals surface area (Å²) in [6.07, 6.45) is 0. The summed E-state index contributed by atoms with van der Waals surface area (Å²) in [6.45, 7) is 1.72. The molecule has 1 amide bonds. The van der Waals surface area contributed by atoms with Crippen molar-refractivity contribution >= 4 is 22.9 Å². The number of benzene rings is 1. The number of para-hydroxylation sites is 1. The highest BCUT2D eigenvalue weighted by Gasteiger charge is 2.14. The number of nitrogens with one attached hydrogen (secondary N) is 1. The molecular weight excluding hydrogens is 276 g/mol. The topological polar surface area (TPSA) is 80.9 Å². The molecule has 1 N–H and O–H groups in total. The van der Waals surface area contributed by atoms with Crippen LogP contribution in [0, 0.1) is 6.92 Å². The summed E-state index contributed by atoms with van der Waals surface area (Å²) in [4.78, 5) is 16.0. The molecule has 0 saturated carbocycles. The van der Waals surface area contributed by atoms with Gasteiger partial charge in [-0.1, -0.05) is 12.1 Å². The van der Waals surface area contributed by atoms with Crippen LogP contribution in [0.25, 0.3) is 11.5 Å². The second kappa shape index (κ2) is 5.22. The molecule has 6 nitrogen and oxygen atoms in total. The molecule has 0 aliphatic heterocycles. The van der Waals surface area contributed by atoms with E-state index in [1.165, 1.54) is 11.3 Å². The molecule has 100 valence electrons. The monoisotopic (exact) mass is 286 g/mol. The van der Waals surface area contributed by atoms with Crippen molar-refractivity contribution in [2.75, 3.05) is 5.32 Å². The second-order valence-electron chi connectivity index (χ2n) is 4.00. The predicted molar refractivity (Wildman–Crippen MR) is 74.5 cm³/mol. The van der Waals surface area contributed by atoms with Gasteiger partial charge in [-0.3, -0.25) is 4.79 Å². The van der Waals surface area contributed by atoms with Crippen molar-refractivity contribution in [2.24, 2.45) is 0 Å². The number of nitrogens with zero attached hydrogens (tertiary/aromatic N) is 3. The molecule has 0 aliphatic carbocycles. The molecule has 0 spiro atoms. The maximum Gasteiger partial charge on any atom is 0.275 e. The van der Waals surface area contributed by atoms with Crippen molar-refractivity contribution in [3.8, 4) is 11.5 Å². The van der Waals surface area contributed by atoms with E-state index in [0.29, 0.717) is 28.7 Å². The normalized spacial score (nSPS) is 10.4. The standard InChI is InChI=1S/C13H10N4O2S/c1-8-16-17-13(19-8)9-4-2-3-5-10(9)15-12(18)11-6-20-7-14-11/h2-7H,1H3,(H,15,18). The zero-order valence-electron chi connectivity index (χ0n) is 10.5. The molecule has 3 rings (SSSR count). The van der Waals surface area contributed by atoms with Gasteiger partial charge in [-0.2, -0.15) is 0 Å². The maximum absolute atomic E-state index is 12.0. The lowest BCUT2D eigenvalue weighted by Gasteiger charge is -2.07. The lowest BCUT2D eigenvalue weighted by Crippen LogP contribution is -2.12. The van der Waals surface area contributed by atoms with Crippen LogP contribution in [0.15, 0.2) is 39.6 Å². The number of carbonyl (C=O) groups excluding carboxylic acids is 1. The predicted octanol–water partition coefficient (Wildman–Crippen LogP) is 2.75. The Balaban J connectivity index is 1.92. The van der Waals surface area contributed by atoms with Crippen LogP contribution in [-0.4, -0.2) is 21.1 Å². The molecule has 0 radical (unpaired) electrons. The molecule has 0 bridgehead atoms. The Morgan fingerprint density at radius 2 is 2.15 bits per heavy atom. The number of aromatic nitrogens is 3. The number of amides is 1. The smallest absolute Gasteiger partial charge is 0.275 e. The van der Waals surface area contributed by atoms with E-state index in [1.54, 1.807) is 23.9 Å². The highest BCUT2D eigenvalue weighted by molar-refractivity contribution is 7.07. The van der Waals surface area contributed by atoms with Crippen molar-refractivity contribution in [3.05, 3.63) is 46.7 Å². The molecule has 0 saturated heterocycles. The summed E-state index contributed by atoms with van der Waals surface area (Å²) in [5, 5.41) is 12.2. The van der Waals surface area contributed by atoms with Crippen molar-refractivity contribution in [1.29, 1.82) is 0 Å². The summed E-state index contributed by atoms with van der Waals surface area (Å²) in [5.74, 6) is 0.576. The number of carbonyl (C=O) groups is 1. The van der Waals surface area contributed by atoms with Gasteiger partial charge in [0.25, 0.3) is 5.91 Å². The van der Waals surface area contributed by atoms with E-state index in [1.807, 2.05) is 18.2 Å². The maximum atomic E-state index is 12.0. The van der Waals surface area contributed by atoms with Gasteiger partial charge in [-0.05, 0) is 12.1 Å². The van der Waals surface area contributed by atoms with E-state index in [9.17, 15) is 4.79 Å². The Morgan fingerprint density at radius 1 is 1.30 bits per heavy atom. The molecular formula is C13H10N4O2S. The van der Waals surface area contributed by atoms with E-state index in [-0.39, 0.29) is 5.91 Å². The van der Waals surface area contributed by atoms with Crippen molar-refractivity contribution < 1.29 is 9.21 Å². The van der Waals surface area contributed by atoms with Gasteiger partial charge in [0.1, 0.15) is 5.69 Å². The summed E-state index contributed by atoms with van der Waals surface area (Å²) in [7, 11) is 0. The van der Waals surface area contributed by atoms with Gasteiger partial charge in [0.15, 0.2) is 0 Å². The van der Waals surface area contributed by atoms with Crippen LogP contribution in [0.2, 0.25) is 0 Å². The Kier molecular flexibility index (Phi) is 3.26. The van der Waals surface area contributed by atoms with E-state index in [0.717, 1.165) is 0 Å². The van der Waals surface area contributed by atoms with Crippen LogP contribution in [0.5, 0.6) is 0 Å². The number of thiazole rings is 1. The highest BCUT2D eigenvalue weighted by atomic mass is 32.1. The van der Waals surface area contributed by atoms with Gasteiger partial charge < -0.3 is 9.73 Å². The van der Waals surface area contributed by atoms with E-state index in [4.69, 9.17) is 4.42 Å². The Labute approximate surface area is 118 Å². The SMILES string of the molecule is Cc1nnc(-c2ccccc2NC(=O)c2cscn2)o1. The van der Waals surface area contributed by atoms with Crippen molar-refractivity contribution in [1.82, 2.24) is 15.2 Å². The van der Waals surface area contributed by atoms with E-state index in [2.05, 4.69) is 20.5 Å². The zero-order valence-corrected chi connectivity index (χ0v) is 11.3. The first-order chi connectivity index (χ1) is 9.74. The largest absolute Gasteiger partial charge is 0.421 e. The average molecular weight is 286 g/mol. The third-order valence-corrected chi connectivity index (χ3v) is 3.18. The summed E-state index contributed by atoms with van der Waals surface area (Å²) in [6, 6.07) is 7.25. The van der Waals surface area contributed by atoms with Gasteiger partial charge in [-0.15, -0.1) is 21.5 Å². The minimum Gasteiger partial charge on any atom is -0.421 e. The van der Waals surface area contributed by atoms with Gasteiger partial charge in [0, 0.05) is 12.3 Å². The molecule has 20 heavy (non-hydrogen) atoms. The van der Waals surface area contributed by atoms with Crippen molar-refractivity contribution in [2.45, 2.75) is 6.92 Å². The highest BCUT2D eigenvalue weighted by Crippen LogP contribution is 2.26. The Bertz CT molecular complexity index is 736. The number of hydrogen-bond acceptors (Lipinski definition) is 6. The summed E-state index contributed by atoms with van der Waals surface area (Å²) in [5.41, 5.74) is 3.28. The number of rotatable bonds is 3. The van der Waals surface area contributed by atoms with Crippen LogP contribution in [0.1, 0.15) is 16.4 Å². The fourth-order valence-corrected chi connectivity index (χ4v) is 2.23. The quantitative estimate of drug-likeness (QED) is 0.800. The summed E-state index contributed by atoms with van der Waals surface area (Å²) >= 11 is 1.37. The lowest BCUT2D eigenvalue weighted by molar-refractivity contribution is 0.102. The number of aryl methyl sites for hydroxylation is 1. The van der Waals surface area contributed by atoms with E-state index < -0.39 is 0 Å². The lowest BCUT2D eigenvalue weighted by atomic mass is 10.1. The van der Waals surface area contributed by atoms with E-state index >= 15 is 0 Å². The van der Waals surface area contributed by atoms with Gasteiger partial charge in [0.2, 0.25) is 11.8 Å². The molecule has 2 aromatic heterocycles. The number of anilines is 1. The summed E-state index contributed by atoms with van der Waals surface area (Å²) < 4.78 is 5.40. The second-order valence-corrected chi connectivity index (χ2v) is 4.72.